The summed E-state index contributed by atoms with van der Waals surface area (Å²) in [6.45, 7) is 0. The quantitative estimate of drug-likeness (QED) is 0.392. The lowest BCUT2D eigenvalue weighted by atomic mass is 9.80. The fraction of sp³-hybridized carbons (Fsp3) is 0.300. The molecule has 13 heteroatoms. The molecule has 7 nitrogen and oxygen atoms in total. The van der Waals surface area contributed by atoms with Gasteiger partial charge in [-0.15, -0.1) is 0 Å². The minimum atomic E-state index is -4.84. The number of alkyl halides is 6. The fourth-order valence-corrected chi connectivity index (χ4v) is 3.70. The van der Waals surface area contributed by atoms with Crippen LogP contribution in [0.4, 0.5) is 26.3 Å². The van der Waals surface area contributed by atoms with Crippen LogP contribution in [0.25, 0.3) is 0 Å². The zero-order chi connectivity index (χ0) is 24.6. The van der Waals surface area contributed by atoms with E-state index in [0.29, 0.717) is 0 Å². The number of nitro groups is 1. The number of amidine groups is 1. The van der Waals surface area contributed by atoms with Gasteiger partial charge in [0.05, 0.1) is 17.5 Å². The second-order valence-electron chi connectivity index (χ2n) is 7.28. The molecular formula is C20H17F6N5O2. The number of hydrogen-bond acceptors (Lipinski definition) is 6. The van der Waals surface area contributed by atoms with Crippen molar-refractivity contribution < 1.29 is 31.3 Å². The van der Waals surface area contributed by atoms with Crippen molar-refractivity contribution in [1.29, 1.82) is 0 Å². The summed E-state index contributed by atoms with van der Waals surface area (Å²) in [5, 5.41) is 12.3. The Morgan fingerprint density at radius 1 is 0.909 bits per heavy atom. The topological polar surface area (TPSA) is 120 Å². The molecule has 2 unspecified atom stereocenters. The van der Waals surface area contributed by atoms with E-state index in [9.17, 15) is 36.5 Å². The highest BCUT2D eigenvalue weighted by Crippen LogP contribution is 2.37. The van der Waals surface area contributed by atoms with E-state index in [1.807, 2.05) is 0 Å². The zero-order valence-electron chi connectivity index (χ0n) is 16.7. The van der Waals surface area contributed by atoms with Crippen molar-refractivity contribution in [2.24, 2.45) is 21.5 Å². The summed E-state index contributed by atoms with van der Waals surface area (Å²) >= 11 is 0. The molecule has 0 aromatic heterocycles. The largest absolute Gasteiger partial charge is 0.416 e. The summed E-state index contributed by atoms with van der Waals surface area (Å²) < 4.78 is 80.9. The monoisotopic (exact) mass is 473 g/mol. The number of benzene rings is 2. The van der Waals surface area contributed by atoms with E-state index in [1.54, 1.807) is 0 Å². The number of aliphatic imine (C=N–C) groups is 2. The van der Waals surface area contributed by atoms with E-state index >= 15 is 0 Å². The van der Waals surface area contributed by atoms with E-state index < -0.39 is 70.2 Å². The van der Waals surface area contributed by atoms with Crippen molar-refractivity contribution in [2.45, 2.75) is 37.0 Å². The first kappa shape index (κ1) is 24.2. The van der Waals surface area contributed by atoms with Gasteiger partial charge in [0.1, 0.15) is 5.71 Å². The smallest absolute Gasteiger partial charge is 0.381 e. The van der Waals surface area contributed by atoms with Crippen LogP contribution in [0.5, 0.6) is 0 Å². The number of nitrogens with two attached hydrogens (primary N) is 2. The zero-order valence-corrected chi connectivity index (χ0v) is 16.7. The molecular weight excluding hydrogens is 456 g/mol. The molecule has 1 aliphatic heterocycles. The Labute approximate surface area is 183 Å². The predicted octanol–water partition coefficient (Wildman–Crippen LogP) is 3.58. The average Bonchev–Trinajstić information content (AvgIpc) is 2.69. The van der Waals surface area contributed by atoms with Crippen molar-refractivity contribution in [3.63, 3.8) is 0 Å². The van der Waals surface area contributed by atoms with Crippen LogP contribution < -0.4 is 11.5 Å². The maximum Gasteiger partial charge on any atom is 0.416 e. The minimum absolute atomic E-state index is 0.374. The third-order valence-corrected chi connectivity index (χ3v) is 5.22. The Morgan fingerprint density at radius 2 is 1.39 bits per heavy atom. The van der Waals surface area contributed by atoms with Gasteiger partial charge in [-0.25, -0.2) is 9.98 Å². The van der Waals surface area contributed by atoms with E-state index in [1.165, 1.54) is 12.1 Å². The van der Waals surface area contributed by atoms with Gasteiger partial charge in [0.25, 0.3) is 0 Å². The van der Waals surface area contributed by atoms with Gasteiger partial charge in [0.2, 0.25) is 0 Å². The summed E-state index contributed by atoms with van der Waals surface area (Å²) in [5.41, 5.74) is 5.21. The van der Waals surface area contributed by atoms with Crippen molar-refractivity contribution in [3.05, 3.63) is 80.9 Å². The summed E-state index contributed by atoms with van der Waals surface area (Å²) in [5.74, 6) is -0.744. The molecule has 2 aromatic carbocycles. The number of nitrogens with zero attached hydrogens (tertiary/aromatic N) is 3. The van der Waals surface area contributed by atoms with E-state index in [0.717, 1.165) is 36.4 Å². The Balaban J connectivity index is 2.17. The molecule has 3 rings (SSSR count). The SMILES string of the molecule is NC1=NC(N)N=C(Cc2ccccc2C(F)(F)F)C1(Cc1ccccc1C(F)(F)F)[N+](=O)[O-]. The van der Waals surface area contributed by atoms with Crippen LogP contribution in [0.2, 0.25) is 0 Å². The first-order valence-electron chi connectivity index (χ1n) is 9.38. The standard InChI is InChI=1S/C20H17F6N5O2/c21-19(22,23)13-7-3-1-5-11(13)9-15-18(31(32)33,16(27)30-17(28)29-15)10-12-6-2-4-8-14(12)20(24,25)26/h1-8,17H,9-10,28H2,(H2,27,30). The number of halogens is 6. The Bertz CT molecular complexity index is 1130. The molecule has 4 N–H and O–H groups in total. The van der Waals surface area contributed by atoms with Gasteiger partial charge >= 0.3 is 17.9 Å². The molecule has 0 radical (unpaired) electrons. The molecule has 33 heavy (non-hydrogen) atoms. The lowest BCUT2D eigenvalue weighted by molar-refractivity contribution is -0.526. The van der Waals surface area contributed by atoms with Gasteiger partial charge < -0.3 is 5.73 Å². The van der Waals surface area contributed by atoms with Crippen LogP contribution in [0.1, 0.15) is 22.3 Å². The van der Waals surface area contributed by atoms with Gasteiger partial charge in [-0.05, 0) is 23.3 Å². The van der Waals surface area contributed by atoms with Crippen molar-refractivity contribution >= 4 is 11.5 Å². The third kappa shape index (κ3) is 4.67. The van der Waals surface area contributed by atoms with Gasteiger partial charge in [-0.2, -0.15) is 26.3 Å². The Hall–Kier alpha value is -3.48. The van der Waals surface area contributed by atoms with Gasteiger partial charge in [-0.3, -0.25) is 15.8 Å². The minimum Gasteiger partial charge on any atom is -0.381 e. The molecule has 0 bridgehead atoms. The van der Waals surface area contributed by atoms with Crippen LogP contribution in [-0.4, -0.2) is 28.3 Å². The summed E-state index contributed by atoms with van der Waals surface area (Å²) in [7, 11) is 0. The third-order valence-electron chi connectivity index (χ3n) is 5.22. The molecule has 0 spiro atoms. The van der Waals surface area contributed by atoms with E-state index in [-0.39, 0.29) is 5.56 Å². The fourth-order valence-electron chi connectivity index (χ4n) is 3.70. The number of rotatable bonds is 5. The molecule has 1 aliphatic rings. The second-order valence-corrected chi connectivity index (χ2v) is 7.28. The second kappa shape index (κ2) is 8.46. The first-order valence-corrected chi connectivity index (χ1v) is 9.38. The van der Waals surface area contributed by atoms with Gasteiger partial charge in [-0.1, -0.05) is 36.4 Å². The van der Waals surface area contributed by atoms with Crippen LogP contribution in [0.3, 0.4) is 0 Å². The maximum atomic E-state index is 13.5. The molecule has 0 amide bonds. The van der Waals surface area contributed by atoms with E-state index in [4.69, 9.17) is 11.5 Å². The van der Waals surface area contributed by atoms with Gasteiger partial charge in [0.15, 0.2) is 12.1 Å². The molecule has 1 heterocycles. The highest BCUT2D eigenvalue weighted by atomic mass is 19.4. The van der Waals surface area contributed by atoms with Crippen LogP contribution in [0.15, 0.2) is 58.5 Å². The Morgan fingerprint density at radius 3 is 1.91 bits per heavy atom. The molecule has 2 atom stereocenters. The molecule has 176 valence electrons. The molecule has 2 aromatic rings. The lowest BCUT2D eigenvalue weighted by Gasteiger charge is -2.31. The summed E-state index contributed by atoms with van der Waals surface area (Å²) in [6.07, 6.45) is -12.7. The lowest BCUT2D eigenvalue weighted by Crippen LogP contribution is -2.61. The highest BCUT2D eigenvalue weighted by molar-refractivity contribution is 6.15. The maximum absolute atomic E-state index is 13.5. The highest BCUT2D eigenvalue weighted by Gasteiger charge is 2.55. The summed E-state index contributed by atoms with van der Waals surface area (Å²) in [4.78, 5) is 18.8. The van der Waals surface area contributed by atoms with Crippen LogP contribution >= 0.6 is 0 Å². The first-order chi connectivity index (χ1) is 15.3. The van der Waals surface area contributed by atoms with Crippen molar-refractivity contribution in [2.75, 3.05) is 0 Å². The average molecular weight is 473 g/mol. The molecule has 0 aliphatic carbocycles. The summed E-state index contributed by atoms with van der Waals surface area (Å²) in [6, 6.07) is 8.41. The van der Waals surface area contributed by atoms with Crippen LogP contribution in [-0.2, 0) is 25.2 Å². The normalized spacial score (nSPS) is 21.4. The van der Waals surface area contributed by atoms with E-state index in [2.05, 4.69) is 9.98 Å². The van der Waals surface area contributed by atoms with Crippen molar-refractivity contribution in [1.82, 2.24) is 0 Å². The van der Waals surface area contributed by atoms with Crippen LogP contribution in [0, 0.1) is 10.1 Å². The predicted molar refractivity (Wildman–Crippen MR) is 107 cm³/mol. The molecule has 0 saturated heterocycles. The Kier molecular flexibility index (Phi) is 6.20. The number of hydrogen-bond donors (Lipinski definition) is 2. The van der Waals surface area contributed by atoms with Crippen molar-refractivity contribution in [3.8, 4) is 0 Å². The van der Waals surface area contributed by atoms with Gasteiger partial charge in [0, 0.05) is 11.3 Å². The molecule has 0 saturated carbocycles. The molecule has 0 fully saturated rings.